The van der Waals surface area contributed by atoms with E-state index >= 15 is 0 Å². The number of unbranched alkanes of at least 4 members (excludes halogenated alkanes) is 2. The number of primary amides is 2. The Balaban J connectivity index is 0.867. The lowest BCUT2D eigenvalue weighted by Gasteiger charge is -2.36. The van der Waals surface area contributed by atoms with E-state index in [9.17, 15) is 81.8 Å². The van der Waals surface area contributed by atoms with E-state index in [1.807, 2.05) is 20.1 Å². The second kappa shape index (κ2) is 40.1. The molecule has 35 heteroatoms. The van der Waals surface area contributed by atoms with Crippen LogP contribution in [0.5, 0.6) is 0 Å². The van der Waals surface area contributed by atoms with Gasteiger partial charge in [-0.25, -0.2) is 0 Å². The lowest BCUT2D eigenvalue weighted by molar-refractivity contribution is -0.151. The van der Waals surface area contributed by atoms with Crippen LogP contribution < -0.4 is 49.1 Å². The largest absolute Gasteiger partial charge is 0.391 e. The molecule has 0 aromatic rings. The minimum absolute atomic E-state index is 0.118. The van der Waals surface area contributed by atoms with Gasteiger partial charge in [-0.05, 0) is 179 Å². The fourth-order valence-electron chi connectivity index (χ4n) is 16.9. The number of nitrogens with zero attached hydrogens (tertiary/aromatic N) is 8. The normalized spacial score (nSPS) is 24.7. The topological polar surface area (TPSA) is 470 Å². The molecule has 8 saturated heterocycles. The highest BCUT2D eigenvalue weighted by atomic mass is 32.2. The van der Waals surface area contributed by atoms with Crippen LogP contribution in [-0.4, -0.2) is 300 Å². The number of carbonyl (C=O) groups excluding carboxylic acids is 16. The highest BCUT2D eigenvalue weighted by Gasteiger charge is 2.51. The molecule has 0 aliphatic carbocycles. The number of nitrogens with two attached hydrogens (primary N) is 3. The van der Waals surface area contributed by atoms with Crippen LogP contribution >= 0.6 is 11.8 Å². The molecule has 8 aliphatic rings. The Morgan fingerprint density at radius 3 is 1.17 bits per heavy atom. The summed E-state index contributed by atoms with van der Waals surface area (Å²) in [4.78, 5) is 236. The Morgan fingerprint density at radius 1 is 0.404 bits per heavy atom. The zero-order chi connectivity index (χ0) is 79.7. The quantitative estimate of drug-likeness (QED) is 0.0305. The fraction of sp³-hybridized carbons (Fsp3) is 0.784. The molecule has 8 rings (SSSR count). The Labute approximate surface area is 642 Å². The van der Waals surface area contributed by atoms with Crippen LogP contribution in [-0.2, 0) is 76.7 Å². The third kappa shape index (κ3) is 21.5. The summed E-state index contributed by atoms with van der Waals surface area (Å²) in [5, 5.41) is 27.5. The molecule has 0 saturated carbocycles. The van der Waals surface area contributed by atoms with E-state index in [1.165, 1.54) is 64.8 Å². The number of aliphatic hydroxyl groups is 1. The van der Waals surface area contributed by atoms with Gasteiger partial charge in [-0.2, -0.15) is 11.8 Å². The monoisotopic (exact) mass is 1550 g/mol. The van der Waals surface area contributed by atoms with Crippen LogP contribution in [0.25, 0.3) is 0 Å². The molecule has 34 nitrogen and oxygen atoms in total. The van der Waals surface area contributed by atoms with Crippen molar-refractivity contribution in [1.82, 2.24) is 71.1 Å². The van der Waals surface area contributed by atoms with Gasteiger partial charge in [-0.15, -0.1) is 0 Å². The zero-order valence-electron chi connectivity index (χ0n) is 64.6. The molecule has 0 spiro atoms. The van der Waals surface area contributed by atoms with E-state index in [4.69, 9.17) is 17.2 Å². The molecule has 0 bridgehead atoms. The van der Waals surface area contributed by atoms with Gasteiger partial charge in [0.25, 0.3) is 0 Å². The lowest BCUT2D eigenvalue weighted by Crippen LogP contribution is -2.61. The highest BCUT2D eigenvalue weighted by Crippen LogP contribution is 2.33. The molecule has 16 amide bonds. The summed E-state index contributed by atoms with van der Waals surface area (Å²) in [6, 6.07) is -15.1. The van der Waals surface area contributed by atoms with Crippen molar-refractivity contribution in [2.75, 3.05) is 70.9 Å². The number of thioether (sulfide) groups is 1. The number of hydrogen-bond donors (Lipinski definition) is 10. The van der Waals surface area contributed by atoms with E-state index in [-0.39, 0.29) is 141 Å². The van der Waals surface area contributed by atoms with Gasteiger partial charge in [0.1, 0.15) is 84.6 Å². The molecular weight excluding hydrogens is 1430 g/mol. The third-order valence-corrected chi connectivity index (χ3v) is 23.3. The summed E-state index contributed by atoms with van der Waals surface area (Å²) in [5.74, 6) is -9.31. The van der Waals surface area contributed by atoms with Crippen LogP contribution in [0, 0.1) is 11.8 Å². The molecule has 109 heavy (non-hydrogen) atoms. The second-order valence-corrected chi connectivity index (χ2v) is 32.4. The summed E-state index contributed by atoms with van der Waals surface area (Å²) in [6.07, 6.45) is 8.52. The number of hydrogen-bond acceptors (Lipinski definition) is 19. The van der Waals surface area contributed by atoms with Crippen molar-refractivity contribution in [1.29, 1.82) is 0 Å². The standard InChI is InChI=1S/C74H119N17O17S/c1-42(2)41-48(69(103)89-37-16-23-53(89)70(104)87-35-14-22-52(87)64(98)82-59(43(3)4)74(108)91-39-18-26-56(91)72(106)85-33-12-19-49(85)62(96)79-46(61(77)95)28-29-57(76)93)81-63(97)50-20-13-34-86(50)71(105)55-25-17-38-90(55)73(107)54-24-15-36-88(54)68(102)47(30-40-109-7)80-66(100)60(45(6)92)83-65(99)51-21-11-32-84(51)67(101)44(5)78-58(94)27-9-8-10-31-75/h42-56,59-60,92H,8-41,75H2,1-7H3,(H2,76,93)(H2,77,95)(H,78,94)(H,79,96)(H,80,100)(H,81,97)(H,82,98)(H,83,99)/t44-,45+,46-,47-,48-,49-,50-,51-,52-,53-,54-,55-,56-,59-,60-/m0/s1. The van der Waals surface area contributed by atoms with E-state index in [0.29, 0.717) is 76.5 Å². The number of amides is 16. The first-order valence-corrected chi connectivity index (χ1v) is 41.0. The van der Waals surface area contributed by atoms with Crippen LogP contribution in [0.15, 0.2) is 0 Å². The smallest absolute Gasteiger partial charge is 0.246 e. The van der Waals surface area contributed by atoms with Crippen LogP contribution in [0.1, 0.15) is 196 Å². The maximum absolute atomic E-state index is 15.0. The van der Waals surface area contributed by atoms with Gasteiger partial charge < -0.3 is 93.4 Å². The van der Waals surface area contributed by atoms with E-state index in [1.54, 1.807) is 13.8 Å². The van der Waals surface area contributed by atoms with Crippen LogP contribution in [0.4, 0.5) is 0 Å². The number of likely N-dealkylation sites (tertiary alicyclic amines) is 8. The predicted molar refractivity (Wildman–Crippen MR) is 399 cm³/mol. The lowest BCUT2D eigenvalue weighted by atomic mass is 10.0. The molecule has 8 aliphatic heterocycles. The first-order chi connectivity index (χ1) is 51.9. The minimum Gasteiger partial charge on any atom is -0.391 e. The average Bonchev–Trinajstić information content (AvgIpc) is 1.23. The summed E-state index contributed by atoms with van der Waals surface area (Å²) in [7, 11) is 0. The summed E-state index contributed by atoms with van der Waals surface area (Å²) in [6.45, 7) is 12.2. The average molecular weight is 1550 g/mol. The molecule has 8 heterocycles. The molecule has 608 valence electrons. The first-order valence-electron chi connectivity index (χ1n) is 39.6. The van der Waals surface area contributed by atoms with Crippen molar-refractivity contribution in [2.24, 2.45) is 29.0 Å². The number of carbonyl (C=O) groups is 16. The van der Waals surface area contributed by atoms with E-state index in [2.05, 4.69) is 31.9 Å². The Kier molecular flexibility index (Phi) is 31.8. The van der Waals surface area contributed by atoms with E-state index < -0.39 is 185 Å². The molecule has 8 fully saturated rings. The Bertz CT molecular complexity index is 3350. The zero-order valence-corrected chi connectivity index (χ0v) is 65.4. The van der Waals surface area contributed by atoms with Crippen LogP contribution in [0.3, 0.4) is 0 Å². The maximum atomic E-state index is 15.0. The van der Waals surface area contributed by atoms with Crippen molar-refractivity contribution >= 4 is 106 Å². The SMILES string of the molecule is CSCC[C@H](NC(=O)[C@@H](NC(=O)[C@@H]1CCCN1C(=O)[C@H](C)NC(=O)CCCCCN)[C@@H](C)O)C(=O)N1CCC[C@H]1C(=O)N1CCC[C@H]1C(=O)N1CCC[C@H]1C(=O)N[C@@H](CC(C)C)C(=O)N1CCC[C@H]1C(=O)N1CCC[C@H]1C(=O)N[C@H](C(=O)N1CCC[C@H]1C(=O)N1CCC[C@H]1C(=O)N[C@@H](CCC(N)=O)C(N)=O)C(C)C. The number of rotatable bonds is 35. The first kappa shape index (κ1) is 86.4. The second-order valence-electron chi connectivity index (χ2n) is 31.4. The molecule has 0 unspecified atom stereocenters. The van der Waals surface area contributed by atoms with Gasteiger partial charge in [-0.3, -0.25) is 76.7 Å². The summed E-state index contributed by atoms with van der Waals surface area (Å²) in [5.41, 5.74) is 16.3. The van der Waals surface area contributed by atoms with Crippen molar-refractivity contribution in [3.8, 4) is 0 Å². The fourth-order valence-corrected chi connectivity index (χ4v) is 17.4. The Hall–Kier alpha value is -8.21. The highest BCUT2D eigenvalue weighted by molar-refractivity contribution is 7.98. The third-order valence-electron chi connectivity index (χ3n) is 22.7. The van der Waals surface area contributed by atoms with Gasteiger partial charge >= 0.3 is 0 Å². The Morgan fingerprint density at radius 2 is 0.771 bits per heavy atom. The molecule has 13 N–H and O–H groups in total. The molecule has 15 atom stereocenters. The van der Waals surface area contributed by atoms with Crippen molar-refractivity contribution in [2.45, 2.75) is 286 Å². The number of aliphatic hydroxyl groups excluding tert-OH is 1. The van der Waals surface area contributed by atoms with Crippen molar-refractivity contribution < 1.29 is 81.8 Å². The number of nitrogens with one attached hydrogen (secondary N) is 6. The summed E-state index contributed by atoms with van der Waals surface area (Å²) < 4.78 is 0. The van der Waals surface area contributed by atoms with Crippen LogP contribution in [0.2, 0.25) is 0 Å². The van der Waals surface area contributed by atoms with Gasteiger partial charge in [0.15, 0.2) is 0 Å². The molecular formula is C74H119N17O17S. The minimum atomic E-state index is -1.55. The van der Waals surface area contributed by atoms with Gasteiger partial charge in [-0.1, -0.05) is 34.1 Å². The maximum Gasteiger partial charge on any atom is 0.246 e. The molecule has 0 aromatic carbocycles. The summed E-state index contributed by atoms with van der Waals surface area (Å²) >= 11 is 1.42. The van der Waals surface area contributed by atoms with Gasteiger partial charge in [0.2, 0.25) is 94.5 Å². The van der Waals surface area contributed by atoms with Crippen molar-refractivity contribution in [3.05, 3.63) is 0 Å². The van der Waals surface area contributed by atoms with Crippen molar-refractivity contribution in [3.63, 3.8) is 0 Å². The van der Waals surface area contributed by atoms with Gasteiger partial charge in [0.05, 0.1) is 6.10 Å². The molecule has 0 aromatic heterocycles. The molecule has 0 radical (unpaired) electrons. The van der Waals surface area contributed by atoms with E-state index in [0.717, 1.165) is 12.8 Å². The predicted octanol–water partition coefficient (Wildman–Crippen LogP) is -2.05. The van der Waals surface area contributed by atoms with Gasteiger partial charge in [0, 0.05) is 65.2 Å².